The lowest BCUT2D eigenvalue weighted by atomic mass is 9.90. The molecule has 0 aliphatic carbocycles. The first-order chi connectivity index (χ1) is 12.3. The van der Waals surface area contributed by atoms with Crippen LogP contribution in [-0.2, 0) is 0 Å². The Bertz CT molecular complexity index is 968. The third kappa shape index (κ3) is 2.69. The number of rotatable bonds is 1. The number of aliphatic imine (C=N–C) groups is 1. The van der Waals surface area contributed by atoms with E-state index in [2.05, 4.69) is 35.7 Å². The summed E-state index contributed by atoms with van der Waals surface area (Å²) in [5.41, 5.74) is 3.13. The summed E-state index contributed by atoms with van der Waals surface area (Å²) in [5.74, 6) is 1.07. The number of ether oxygens (including phenoxy) is 1. The minimum atomic E-state index is 0.196. The van der Waals surface area contributed by atoms with Gasteiger partial charge in [-0.15, -0.1) is 23.1 Å². The number of hydrogen-bond acceptors (Lipinski definition) is 4. The number of halogens is 1. The largest absolute Gasteiger partial charge is 0.492 e. The summed E-state index contributed by atoms with van der Waals surface area (Å²) in [6.07, 6.45) is 0. The highest BCUT2D eigenvalue weighted by atomic mass is 35.5. The van der Waals surface area contributed by atoms with Crippen LogP contribution in [0.2, 0.25) is 5.02 Å². The van der Waals surface area contributed by atoms with E-state index in [-0.39, 0.29) is 11.2 Å². The first-order valence-electron chi connectivity index (χ1n) is 8.10. The Balaban J connectivity index is 1.73. The van der Waals surface area contributed by atoms with Crippen molar-refractivity contribution in [2.45, 2.75) is 10.1 Å². The van der Waals surface area contributed by atoms with Crippen LogP contribution in [0.5, 0.6) is 5.75 Å². The monoisotopic (exact) mass is 383 g/mol. The Morgan fingerprint density at radius 2 is 2.00 bits per heavy atom. The van der Waals surface area contributed by atoms with Crippen molar-refractivity contribution in [3.05, 3.63) is 75.4 Å². The van der Waals surface area contributed by atoms with Crippen LogP contribution in [0, 0.1) is 5.92 Å². The van der Waals surface area contributed by atoms with E-state index in [1.165, 1.54) is 9.77 Å². The van der Waals surface area contributed by atoms with Crippen LogP contribution in [-0.4, -0.2) is 12.3 Å². The molecule has 3 aromatic rings. The van der Waals surface area contributed by atoms with E-state index in [1.54, 1.807) is 11.3 Å². The van der Waals surface area contributed by atoms with Gasteiger partial charge in [-0.1, -0.05) is 29.8 Å². The number of para-hydroxylation sites is 1. The van der Waals surface area contributed by atoms with Gasteiger partial charge in [0.2, 0.25) is 0 Å². The molecule has 0 spiro atoms. The van der Waals surface area contributed by atoms with Crippen molar-refractivity contribution in [3.63, 3.8) is 0 Å². The predicted molar refractivity (Wildman–Crippen MR) is 106 cm³/mol. The fourth-order valence-electron chi connectivity index (χ4n) is 3.37. The molecule has 3 heterocycles. The lowest BCUT2D eigenvalue weighted by molar-refractivity contribution is 0.272. The topological polar surface area (TPSA) is 21.6 Å². The van der Waals surface area contributed by atoms with Gasteiger partial charge in [0.25, 0.3) is 0 Å². The molecule has 0 fully saturated rings. The van der Waals surface area contributed by atoms with Gasteiger partial charge in [-0.3, -0.25) is 4.99 Å². The number of hydrogen-bond donors (Lipinski definition) is 0. The number of fused-ring (bicyclic) bond motifs is 4. The van der Waals surface area contributed by atoms with Crippen LogP contribution in [0.15, 0.2) is 69.9 Å². The van der Waals surface area contributed by atoms with Crippen molar-refractivity contribution in [2.75, 3.05) is 6.61 Å². The molecule has 25 heavy (non-hydrogen) atoms. The average Bonchev–Trinajstić information content (AvgIpc) is 3.10. The van der Waals surface area contributed by atoms with Crippen molar-refractivity contribution in [1.82, 2.24) is 0 Å². The maximum absolute atomic E-state index is 6.27. The fourth-order valence-corrected chi connectivity index (χ4v) is 5.85. The first-order valence-corrected chi connectivity index (χ1v) is 10.2. The fraction of sp³-hybridized carbons (Fsp3) is 0.150. The molecule has 0 radical (unpaired) electrons. The Kier molecular flexibility index (Phi) is 3.85. The Labute approximate surface area is 159 Å². The zero-order valence-corrected chi connectivity index (χ0v) is 15.6. The maximum Gasteiger partial charge on any atom is 0.128 e. The number of thiophene rings is 1. The molecule has 0 saturated heterocycles. The van der Waals surface area contributed by atoms with E-state index in [0.717, 1.165) is 22.7 Å². The van der Waals surface area contributed by atoms with Gasteiger partial charge in [-0.2, -0.15) is 0 Å². The lowest BCUT2D eigenvalue weighted by Crippen LogP contribution is -2.31. The molecular formula is C20H14ClNOS2. The van der Waals surface area contributed by atoms with Gasteiger partial charge in [-0.25, -0.2) is 0 Å². The second-order valence-electron chi connectivity index (χ2n) is 6.08. The highest BCUT2D eigenvalue weighted by molar-refractivity contribution is 7.99. The molecule has 0 bridgehead atoms. The van der Waals surface area contributed by atoms with Gasteiger partial charge < -0.3 is 4.74 Å². The molecule has 2 atom stereocenters. The molecule has 0 amide bonds. The van der Waals surface area contributed by atoms with E-state index in [0.29, 0.717) is 11.6 Å². The average molecular weight is 384 g/mol. The van der Waals surface area contributed by atoms with Gasteiger partial charge in [0.05, 0.1) is 29.2 Å². The van der Waals surface area contributed by atoms with E-state index < -0.39 is 0 Å². The van der Waals surface area contributed by atoms with E-state index in [1.807, 2.05) is 36.0 Å². The van der Waals surface area contributed by atoms with Crippen molar-refractivity contribution < 1.29 is 4.74 Å². The summed E-state index contributed by atoms with van der Waals surface area (Å²) in [7, 11) is 0. The van der Waals surface area contributed by atoms with Gasteiger partial charge >= 0.3 is 0 Å². The van der Waals surface area contributed by atoms with Crippen LogP contribution in [0.4, 0.5) is 5.69 Å². The van der Waals surface area contributed by atoms with Crippen molar-refractivity contribution in [1.29, 1.82) is 0 Å². The Morgan fingerprint density at radius 1 is 1.08 bits per heavy atom. The highest BCUT2D eigenvalue weighted by Gasteiger charge is 2.37. The summed E-state index contributed by atoms with van der Waals surface area (Å²) < 4.78 is 6.08. The SMILES string of the molecule is Clc1ccc2c(c1)C1=Nc3ccccc3S[C@H](c3cccs3)[C@H]1CO2. The van der Waals surface area contributed by atoms with Crippen LogP contribution in [0.25, 0.3) is 0 Å². The molecule has 2 aliphatic heterocycles. The minimum Gasteiger partial charge on any atom is -0.492 e. The molecule has 124 valence electrons. The van der Waals surface area contributed by atoms with Crippen LogP contribution in [0.3, 0.4) is 0 Å². The predicted octanol–water partition coefficient (Wildman–Crippen LogP) is 6.38. The highest BCUT2D eigenvalue weighted by Crippen LogP contribution is 2.51. The normalized spacial score (nSPS) is 21.2. The number of nitrogens with zero attached hydrogens (tertiary/aromatic N) is 1. The van der Waals surface area contributed by atoms with Gasteiger partial charge in [0, 0.05) is 20.4 Å². The van der Waals surface area contributed by atoms with Crippen LogP contribution < -0.4 is 4.74 Å². The van der Waals surface area contributed by atoms with Crippen molar-refractivity contribution >= 4 is 46.1 Å². The Hall–Kier alpha value is -1.75. The third-order valence-electron chi connectivity index (χ3n) is 4.54. The van der Waals surface area contributed by atoms with E-state index in [4.69, 9.17) is 21.3 Å². The molecule has 0 saturated carbocycles. The molecule has 1 aromatic heterocycles. The van der Waals surface area contributed by atoms with Crippen LogP contribution in [0.1, 0.15) is 15.7 Å². The van der Waals surface area contributed by atoms with Gasteiger partial charge in [0.15, 0.2) is 0 Å². The summed E-state index contributed by atoms with van der Waals surface area (Å²) in [5, 5.41) is 3.14. The molecule has 0 unspecified atom stereocenters. The van der Waals surface area contributed by atoms with Crippen molar-refractivity contribution in [2.24, 2.45) is 10.9 Å². The first kappa shape index (κ1) is 15.5. The van der Waals surface area contributed by atoms with Gasteiger partial charge in [-0.05, 0) is 41.8 Å². The summed E-state index contributed by atoms with van der Waals surface area (Å²) in [6.45, 7) is 0.636. The molecule has 5 rings (SSSR count). The lowest BCUT2D eigenvalue weighted by Gasteiger charge is -2.31. The van der Waals surface area contributed by atoms with Crippen LogP contribution >= 0.6 is 34.7 Å². The zero-order valence-electron chi connectivity index (χ0n) is 13.2. The molecule has 2 aromatic carbocycles. The van der Waals surface area contributed by atoms with E-state index >= 15 is 0 Å². The number of benzene rings is 2. The minimum absolute atomic E-state index is 0.196. The second kappa shape index (κ2) is 6.20. The Morgan fingerprint density at radius 3 is 2.88 bits per heavy atom. The molecular weight excluding hydrogens is 370 g/mol. The molecule has 2 nitrogen and oxygen atoms in total. The standard InChI is InChI=1S/C20H14ClNOS2/c21-12-7-8-16-13(10-12)19-14(11-23-16)20(18-6-3-9-24-18)25-17-5-2-1-4-15(17)22-19/h1-10,14,20H,11H2/t14-,20-/m0/s1. The molecule has 5 heteroatoms. The quantitative estimate of drug-likeness (QED) is 0.486. The third-order valence-corrected chi connectivity index (χ3v) is 7.31. The van der Waals surface area contributed by atoms with E-state index in [9.17, 15) is 0 Å². The summed E-state index contributed by atoms with van der Waals surface area (Å²) >= 11 is 9.95. The van der Waals surface area contributed by atoms with Gasteiger partial charge in [0.1, 0.15) is 5.75 Å². The smallest absolute Gasteiger partial charge is 0.128 e. The summed E-state index contributed by atoms with van der Waals surface area (Å²) in [6, 6.07) is 18.5. The second-order valence-corrected chi connectivity index (χ2v) is 8.68. The molecule has 2 aliphatic rings. The maximum atomic E-state index is 6.27. The van der Waals surface area contributed by atoms with Crippen molar-refractivity contribution in [3.8, 4) is 5.75 Å². The number of thioether (sulfide) groups is 1. The molecule has 0 N–H and O–H groups in total. The summed E-state index contributed by atoms with van der Waals surface area (Å²) in [4.78, 5) is 7.63. The zero-order chi connectivity index (χ0) is 16.8.